The highest BCUT2D eigenvalue weighted by atomic mass is 16.3. The lowest BCUT2D eigenvalue weighted by atomic mass is 9.32. The Bertz CT molecular complexity index is 775. The van der Waals surface area contributed by atoms with Gasteiger partial charge in [0.2, 0.25) is 0 Å². The molecule has 0 aromatic carbocycles. The van der Waals surface area contributed by atoms with Crippen LogP contribution in [-0.2, 0) is 0 Å². The standard InChI is InChI=1S/C30H50O2/c1-20(18-31)21-10-14-26(2)16-17-29(5)22(25(21)26)8-9-24-28(4)13-7-12-27(3,19-32)23(28)11-15-30(24,29)6/h21-25,31-32H,1,7-19H2,2-6H3/t21-,22+,23-,24+,25+,26+,27-,28-,29+,30+/m0/s1. The van der Waals surface area contributed by atoms with Gasteiger partial charge in [-0.05, 0) is 126 Å². The lowest BCUT2D eigenvalue weighted by Crippen LogP contribution is -2.65. The molecule has 0 aliphatic heterocycles. The van der Waals surface area contributed by atoms with E-state index in [0.29, 0.717) is 46.0 Å². The molecule has 2 nitrogen and oxygen atoms in total. The minimum atomic E-state index is 0.118. The first-order valence-corrected chi connectivity index (χ1v) is 13.9. The Morgan fingerprint density at radius 2 is 1.53 bits per heavy atom. The average Bonchev–Trinajstić information content (AvgIpc) is 3.11. The molecule has 5 fully saturated rings. The summed E-state index contributed by atoms with van der Waals surface area (Å²) >= 11 is 0. The molecule has 5 rings (SSSR count). The van der Waals surface area contributed by atoms with Gasteiger partial charge in [0.1, 0.15) is 0 Å². The van der Waals surface area contributed by atoms with Crippen molar-refractivity contribution >= 4 is 0 Å². The zero-order valence-corrected chi connectivity index (χ0v) is 21.7. The van der Waals surface area contributed by atoms with Gasteiger partial charge < -0.3 is 10.2 Å². The molecule has 5 aliphatic rings. The summed E-state index contributed by atoms with van der Waals surface area (Å²) in [5.41, 5.74) is 2.83. The summed E-state index contributed by atoms with van der Waals surface area (Å²) < 4.78 is 0. The van der Waals surface area contributed by atoms with Gasteiger partial charge in [0, 0.05) is 6.61 Å². The predicted molar refractivity (Wildman–Crippen MR) is 132 cm³/mol. The molecular weight excluding hydrogens is 392 g/mol. The lowest BCUT2D eigenvalue weighted by Gasteiger charge is -2.72. The third-order valence-corrected chi connectivity index (χ3v) is 13.5. The van der Waals surface area contributed by atoms with E-state index in [1.165, 1.54) is 70.6 Å². The number of aliphatic hydroxyl groups excluding tert-OH is 2. The third-order valence-electron chi connectivity index (χ3n) is 13.5. The van der Waals surface area contributed by atoms with Gasteiger partial charge in [-0.25, -0.2) is 0 Å². The summed E-state index contributed by atoms with van der Waals surface area (Å²) in [5.74, 6) is 3.46. The number of hydrogen-bond acceptors (Lipinski definition) is 2. The summed E-state index contributed by atoms with van der Waals surface area (Å²) in [6.07, 6.45) is 14.5. The molecule has 2 N–H and O–H groups in total. The fourth-order valence-electron chi connectivity index (χ4n) is 11.6. The molecule has 5 saturated carbocycles. The molecule has 0 aromatic heterocycles. The summed E-state index contributed by atoms with van der Waals surface area (Å²) in [4.78, 5) is 0. The van der Waals surface area contributed by atoms with E-state index in [2.05, 4.69) is 41.2 Å². The van der Waals surface area contributed by atoms with Crippen molar-refractivity contribution in [1.82, 2.24) is 0 Å². The first-order chi connectivity index (χ1) is 15.0. The van der Waals surface area contributed by atoms with Gasteiger partial charge in [-0.3, -0.25) is 0 Å². The molecule has 0 saturated heterocycles. The fraction of sp³-hybridized carbons (Fsp3) is 0.933. The molecule has 0 aromatic rings. The van der Waals surface area contributed by atoms with Gasteiger partial charge in [-0.1, -0.05) is 47.6 Å². The third kappa shape index (κ3) is 2.78. The van der Waals surface area contributed by atoms with Gasteiger partial charge >= 0.3 is 0 Å². The Morgan fingerprint density at radius 1 is 0.781 bits per heavy atom. The van der Waals surface area contributed by atoms with Crippen molar-refractivity contribution < 1.29 is 10.2 Å². The van der Waals surface area contributed by atoms with E-state index in [1.807, 2.05) is 0 Å². The van der Waals surface area contributed by atoms with Gasteiger partial charge in [0.25, 0.3) is 0 Å². The zero-order chi connectivity index (χ0) is 23.2. The van der Waals surface area contributed by atoms with Crippen molar-refractivity contribution in [2.75, 3.05) is 13.2 Å². The summed E-state index contributed by atoms with van der Waals surface area (Å²) in [7, 11) is 0. The van der Waals surface area contributed by atoms with E-state index < -0.39 is 0 Å². The van der Waals surface area contributed by atoms with Crippen LogP contribution in [0.3, 0.4) is 0 Å². The van der Waals surface area contributed by atoms with Crippen LogP contribution in [0.4, 0.5) is 0 Å². The Morgan fingerprint density at radius 3 is 2.22 bits per heavy atom. The van der Waals surface area contributed by atoms with Crippen LogP contribution in [0, 0.1) is 56.7 Å². The molecule has 32 heavy (non-hydrogen) atoms. The van der Waals surface area contributed by atoms with Crippen LogP contribution in [0.2, 0.25) is 0 Å². The quantitative estimate of drug-likeness (QED) is 0.462. The first kappa shape index (κ1) is 23.4. The van der Waals surface area contributed by atoms with E-state index in [-0.39, 0.29) is 12.0 Å². The summed E-state index contributed by atoms with van der Waals surface area (Å²) in [5, 5.41) is 20.4. The molecule has 0 spiro atoms. The second kappa shape index (κ2) is 7.33. The monoisotopic (exact) mass is 442 g/mol. The first-order valence-electron chi connectivity index (χ1n) is 13.9. The highest BCUT2D eigenvalue weighted by Gasteiger charge is 2.69. The molecule has 0 amide bonds. The van der Waals surface area contributed by atoms with Gasteiger partial charge in [-0.15, -0.1) is 0 Å². The smallest absolute Gasteiger partial charge is 0.0641 e. The highest BCUT2D eigenvalue weighted by Crippen LogP contribution is 2.77. The molecule has 0 heterocycles. The second-order valence-electron chi connectivity index (χ2n) is 14.5. The van der Waals surface area contributed by atoms with E-state index in [1.54, 1.807) is 0 Å². The molecule has 2 heteroatoms. The van der Waals surface area contributed by atoms with E-state index >= 15 is 0 Å². The zero-order valence-electron chi connectivity index (χ0n) is 21.7. The Labute approximate surface area is 197 Å². The minimum absolute atomic E-state index is 0.118. The van der Waals surface area contributed by atoms with Crippen LogP contribution >= 0.6 is 0 Å². The largest absolute Gasteiger partial charge is 0.396 e. The maximum atomic E-state index is 10.4. The average molecular weight is 443 g/mol. The maximum Gasteiger partial charge on any atom is 0.0641 e. The molecule has 0 bridgehead atoms. The fourth-order valence-corrected chi connectivity index (χ4v) is 11.6. The van der Waals surface area contributed by atoms with Gasteiger partial charge in [-0.2, -0.15) is 0 Å². The van der Waals surface area contributed by atoms with Crippen LogP contribution < -0.4 is 0 Å². The SMILES string of the molecule is C=C(CO)[C@@H]1CC[C@]2(C)CC[C@]3(C)[C@H](CC[C@@H]4[C@@]5(C)CCC[C@@](C)(CO)[C@@H]5CC[C@]43C)[C@@H]12. The predicted octanol–water partition coefficient (Wildman–Crippen LogP) is 7.00. The van der Waals surface area contributed by atoms with Crippen LogP contribution in [0.15, 0.2) is 12.2 Å². The van der Waals surface area contributed by atoms with Gasteiger partial charge in [0.05, 0.1) is 6.61 Å². The number of hydrogen-bond donors (Lipinski definition) is 2. The van der Waals surface area contributed by atoms with Crippen molar-refractivity contribution in [3.8, 4) is 0 Å². The van der Waals surface area contributed by atoms with Crippen LogP contribution in [0.1, 0.15) is 105 Å². The van der Waals surface area contributed by atoms with Crippen molar-refractivity contribution in [1.29, 1.82) is 0 Å². The molecular formula is C30H50O2. The van der Waals surface area contributed by atoms with E-state index in [0.717, 1.165) is 17.4 Å². The van der Waals surface area contributed by atoms with Crippen LogP contribution in [0.5, 0.6) is 0 Å². The number of fused-ring (bicyclic) bond motifs is 7. The number of rotatable bonds is 3. The van der Waals surface area contributed by atoms with Crippen LogP contribution in [-0.4, -0.2) is 23.4 Å². The Balaban J connectivity index is 1.53. The number of aliphatic hydroxyl groups is 2. The van der Waals surface area contributed by atoms with Crippen molar-refractivity contribution in [2.24, 2.45) is 56.7 Å². The molecule has 182 valence electrons. The maximum absolute atomic E-state index is 10.4. The Hall–Kier alpha value is -0.340. The van der Waals surface area contributed by atoms with Crippen molar-refractivity contribution in [3.63, 3.8) is 0 Å². The van der Waals surface area contributed by atoms with E-state index in [4.69, 9.17) is 0 Å². The Kier molecular flexibility index (Phi) is 5.36. The normalized spacial score (nSPS) is 57.2. The molecule has 5 aliphatic carbocycles. The minimum Gasteiger partial charge on any atom is -0.396 e. The lowest BCUT2D eigenvalue weighted by molar-refractivity contribution is -0.239. The molecule has 0 unspecified atom stereocenters. The molecule has 0 radical (unpaired) electrons. The van der Waals surface area contributed by atoms with Gasteiger partial charge in [0.15, 0.2) is 0 Å². The van der Waals surface area contributed by atoms with Crippen molar-refractivity contribution in [3.05, 3.63) is 12.2 Å². The molecule has 10 atom stereocenters. The van der Waals surface area contributed by atoms with E-state index in [9.17, 15) is 10.2 Å². The summed E-state index contributed by atoms with van der Waals surface area (Å²) in [6, 6.07) is 0. The van der Waals surface area contributed by atoms with Crippen LogP contribution in [0.25, 0.3) is 0 Å². The summed E-state index contributed by atoms with van der Waals surface area (Å²) in [6.45, 7) is 17.9. The topological polar surface area (TPSA) is 40.5 Å². The van der Waals surface area contributed by atoms with Crippen molar-refractivity contribution in [2.45, 2.75) is 105 Å². The highest BCUT2D eigenvalue weighted by molar-refractivity contribution is 5.21. The second-order valence-corrected chi connectivity index (χ2v) is 14.5.